The molecule has 2 fully saturated rings. The molecule has 5 nitrogen and oxygen atoms in total. The highest BCUT2D eigenvalue weighted by Gasteiger charge is 2.33. The summed E-state index contributed by atoms with van der Waals surface area (Å²) in [6, 6.07) is 0. The molecule has 2 amide bonds. The summed E-state index contributed by atoms with van der Waals surface area (Å²) in [6.07, 6.45) is 6.01. The molecule has 132 valence electrons. The molecule has 0 aliphatic carbocycles. The Kier molecular flexibility index (Phi) is 5.54. The first-order valence-electron chi connectivity index (χ1n) is 9.14. The first-order valence-corrected chi connectivity index (χ1v) is 9.96. The zero-order chi connectivity index (χ0) is 17.1. The fourth-order valence-electron chi connectivity index (χ4n) is 3.67. The van der Waals surface area contributed by atoms with E-state index in [0.717, 1.165) is 73.7 Å². The Morgan fingerprint density at radius 2 is 1.88 bits per heavy atom. The van der Waals surface area contributed by atoms with Crippen LogP contribution in [0.4, 0.5) is 0 Å². The number of piperidine rings is 1. The lowest BCUT2D eigenvalue weighted by Gasteiger charge is -2.33. The Labute approximate surface area is 148 Å². The largest absolute Gasteiger partial charge is 0.342 e. The van der Waals surface area contributed by atoms with Crippen LogP contribution in [0.15, 0.2) is 0 Å². The molecule has 2 aliphatic rings. The summed E-state index contributed by atoms with van der Waals surface area (Å²) < 4.78 is 0. The molecule has 2 saturated heterocycles. The quantitative estimate of drug-likeness (QED) is 0.840. The predicted octanol–water partition coefficient (Wildman–Crippen LogP) is 2.88. The Morgan fingerprint density at radius 3 is 2.58 bits per heavy atom. The lowest BCUT2D eigenvalue weighted by molar-refractivity contribution is -0.135. The van der Waals surface area contributed by atoms with E-state index < -0.39 is 0 Å². The summed E-state index contributed by atoms with van der Waals surface area (Å²) in [5.41, 5.74) is 0.835. The number of hydrogen-bond acceptors (Lipinski definition) is 4. The molecule has 3 heterocycles. The molecule has 1 atom stereocenters. The van der Waals surface area contributed by atoms with Gasteiger partial charge in [0.1, 0.15) is 4.88 Å². The van der Waals surface area contributed by atoms with Crippen molar-refractivity contribution in [3.8, 4) is 0 Å². The van der Waals surface area contributed by atoms with Gasteiger partial charge in [-0.3, -0.25) is 9.59 Å². The summed E-state index contributed by atoms with van der Waals surface area (Å²) in [5.74, 6) is 0.285. The molecule has 0 bridgehead atoms. The topological polar surface area (TPSA) is 53.5 Å². The lowest BCUT2D eigenvalue weighted by Crippen LogP contribution is -2.46. The molecule has 6 heteroatoms. The van der Waals surface area contributed by atoms with E-state index in [0.29, 0.717) is 6.54 Å². The van der Waals surface area contributed by atoms with E-state index in [1.807, 2.05) is 16.7 Å². The van der Waals surface area contributed by atoms with E-state index in [9.17, 15) is 9.59 Å². The van der Waals surface area contributed by atoms with Crippen LogP contribution in [-0.2, 0) is 11.2 Å². The van der Waals surface area contributed by atoms with E-state index in [1.54, 1.807) is 0 Å². The normalized spacial score (nSPS) is 21.3. The summed E-state index contributed by atoms with van der Waals surface area (Å²) in [5, 5.41) is 1.04. The third-order valence-electron chi connectivity index (χ3n) is 4.97. The number of amides is 2. The zero-order valence-electron chi connectivity index (χ0n) is 14.7. The van der Waals surface area contributed by atoms with E-state index in [-0.39, 0.29) is 17.7 Å². The number of aromatic nitrogens is 1. The highest BCUT2D eigenvalue weighted by molar-refractivity contribution is 7.13. The Balaban J connectivity index is 1.67. The number of likely N-dealkylation sites (tertiary alicyclic amines) is 2. The zero-order valence-corrected chi connectivity index (χ0v) is 15.5. The lowest BCUT2D eigenvalue weighted by atomic mass is 9.96. The maximum atomic E-state index is 12.9. The third kappa shape index (κ3) is 3.63. The molecule has 0 radical (unpaired) electrons. The van der Waals surface area contributed by atoms with E-state index in [4.69, 9.17) is 0 Å². The van der Waals surface area contributed by atoms with Crippen LogP contribution in [0.2, 0.25) is 0 Å². The molecule has 0 spiro atoms. The molecule has 0 unspecified atom stereocenters. The van der Waals surface area contributed by atoms with Crippen molar-refractivity contribution in [2.45, 2.75) is 52.4 Å². The summed E-state index contributed by atoms with van der Waals surface area (Å²) in [7, 11) is 0. The molecular weight excluding hydrogens is 322 g/mol. The monoisotopic (exact) mass is 349 g/mol. The van der Waals surface area contributed by atoms with Crippen molar-refractivity contribution in [2.75, 3.05) is 26.2 Å². The molecule has 1 aromatic heterocycles. The van der Waals surface area contributed by atoms with Crippen molar-refractivity contribution in [3.63, 3.8) is 0 Å². The Bertz CT molecular complexity index is 607. The first kappa shape index (κ1) is 17.4. The number of aryl methyl sites for hydroxylation is 2. The fourth-order valence-corrected chi connectivity index (χ4v) is 4.81. The number of carbonyl (C=O) groups excluding carboxylic acids is 2. The minimum absolute atomic E-state index is 0.0239. The van der Waals surface area contributed by atoms with Crippen LogP contribution >= 0.6 is 11.3 Å². The van der Waals surface area contributed by atoms with Crippen molar-refractivity contribution < 1.29 is 9.59 Å². The number of thiazole rings is 1. The van der Waals surface area contributed by atoms with Gasteiger partial charge in [-0.2, -0.15) is 0 Å². The van der Waals surface area contributed by atoms with Crippen molar-refractivity contribution in [3.05, 3.63) is 15.6 Å². The van der Waals surface area contributed by atoms with Gasteiger partial charge in [-0.05, 0) is 45.4 Å². The van der Waals surface area contributed by atoms with E-state index >= 15 is 0 Å². The average Bonchev–Trinajstić information content (AvgIpc) is 3.24. The van der Waals surface area contributed by atoms with Gasteiger partial charge >= 0.3 is 0 Å². The number of hydrogen-bond donors (Lipinski definition) is 0. The Morgan fingerprint density at radius 1 is 1.17 bits per heavy atom. The highest BCUT2D eigenvalue weighted by Crippen LogP contribution is 2.26. The molecule has 2 aliphatic heterocycles. The van der Waals surface area contributed by atoms with E-state index in [2.05, 4.69) is 11.9 Å². The van der Waals surface area contributed by atoms with Gasteiger partial charge in [0, 0.05) is 26.2 Å². The van der Waals surface area contributed by atoms with Crippen LogP contribution in [0.25, 0.3) is 0 Å². The van der Waals surface area contributed by atoms with Crippen LogP contribution in [0.3, 0.4) is 0 Å². The third-order valence-corrected chi connectivity index (χ3v) is 6.18. The SMILES string of the molecule is CCCc1nc(C)c(C(=O)N2CCC[C@H](C(=O)N3CCCC3)C2)s1. The van der Waals surface area contributed by atoms with Gasteiger partial charge in [-0.25, -0.2) is 4.98 Å². The maximum absolute atomic E-state index is 12.9. The average molecular weight is 350 g/mol. The number of carbonyl (C=O) groups is 2. The van der Waals surface area contributed by atoms with E-state index in [1.165, 1.54) is 11.3 Å². The van der Waals surface area contributed by atoms with Gasteiger partial charge in [-0.15, -0.1) is 11.3 Å². The first-order chi connectivity index (χ1) is 11.6. The van der Waals surface area contributed by atoms with Crippen LogP contribution in [0.1, 0.15) is 59.4 Å². The molecule has 24 heavy (non-hydrogen) atoms. The van der Waals surface area contributed by atoms with Crippen LogP contribution < -0.4 is 0 Å². The summed E-state index contributed by atoms with van der Waals surface area (Å²) in [6.45, 7) is 7.13. The molecule has 1 aromatic rings. The molecular formula is C18H27N3O2S. The number of rotatable bonds is 4. The summed E-state index contributed by atoms with van der Waals surface area (Å²) in [4.78, 5) is 34.7. The maximum Gasteiger partial charge on any atom is 0.265 e. The second-order valence-corrected chi connectivity index (χ2v) is 7.98. The van der Waals surface area contributed by atoms with Crippen molar-refractivity contribution >= 4 is 23.2 Å². The summed E-state index contributed by atoms with van der Waals surface area (Å²) >= 11 is 1.52. The van der Waals surface area contributed by atoms with Gasteiger partial charge in [0.05, 0.1) is 16.6 Å². The van der Waals surface area contributed by atoms with Crippen LogP contribution in [0.5, 0.6) is 0 Å². The molecule has 0 N–H and O–H groups in total. The fraction of sp³-hybridized carbons (Fsp3) is 0.722. The van der Waals surface area contributed by atoms with Gasteiger partial charge in [0.15, 0.2) is 0 Å². The Hall–Kier alpha value is -1.43. The van der Waals surface area contributed by atoms with Gasteiger partial charge in [0.2, 0.25) is 5.91 Å². The minimum atomic E-state index is -0.0239. The van der Waals surface area contributed by atoms with Gasteiger partial charge < -0.3 is 9.80 Å². The number of nitrogens with zero attached hydrogens (tertiary/aromatic N) is 3. The highest BCUT2D eigenvalue weighted by atomic mass is 32.1. The van der Waals surface area contributed by atoms with Crippen LogP contribution in [-0.4, -0.2) is 52.8 Å². The molecule has 3 rings (SSSR count). The molecule has 0 aromatic carbocycles. The molecule has 0 saturated carbocycles. The second-order valence-electron chi connectivity index (χ2n) is 6.89. The van der Waals surface area contributed by atoms with Gasteiger partial charge in [-0.1, -0.05) is 6.92 Å². The van der Waals surface area contributed by atoms with Crippen LogP contribution in [0, 0.1) is 12.8 Å². The van der Waals surface area contributed by atoms with Crippen molar-refractivity contribution in [1.82, 2.24) is 14.8 Å². The predicted molar refractivity (Wildman–Crippen MR) is 95.3 cm³/mol. The standard InChI is InChI=1S/C18H27N3O2S/c1-3-7-15-19-13(2)16(24-15)18(23)21-11-6-8-14(12-21)17(22)20-9-4-5-10-20/h14H,3-12H2,1-2H3/t14-/m0/s1. The second kappa shape index (κ2) is 7.64. The smallest absolute Gasteiger partial charge is 0.265 e. The van der Waals surface area contributed by atoms with Crippen molar-refractivity contribution in [1.29, 1.82) is 0 Å². The van der Waals surface area contributed by atoms with Crippen molar-refractivity contribution in [2.24, 2.45) is 5.92 Å². The van der Waals surface area contributed by atoms with Gasteiger partial charge in [0.25, 0.3) is 5.91 Å². The minimum Gasteiger partial charge on any atom is -0.342 e.